The summed E-state index contributed by atoms with van der Waals surface area (Å²) in [5.74, 6) is 2.10. The quantitative estimate of drug-likeness (QED) is 0.276. The number of thioether (sulfide) groups is 1. The van der Waals surface area contributed by atoms with Crippen molar-refractivity contribution >= 4 is 40.3 Å². The molecule has 0 N–H and O–H groups in total. The van der Waals surface area contributed by atoms with E-state index in [-0.39, 0.29) is 5.91 Å². The van der Waals surface area contributed by atoms with E-state index in [4.69, 9.17) is 26.1 Å². The van der Waals surface area contributed by atoms with Crippen LogP contribution in [0.25, 0.3) is 6.08 Å². The summed E-state index contributed by atoms with van der Waals surface area (Å²) in [6, 6.07) is 20.8. The number of furan rings is 1. The lowest BCUT2D eigenvalue weighted by molar-refractivity contribution is -0.122. The minimum absolute atomic E-state index is 0.121. The Morgan fingerprint density at radius 3 is 2.50 bits per heavy atom. The van der Waals surface area contributed by atoms with Gasteiger partial charge in [-0.25, -0.2) is 0 Å². The molecule has 0 aliphatic carbocycles. The molecule has 2 heterocycles. The number of hydrogen-bond acceptors (Lipinski definition) is 6. The SMILES string of the molecule is O=C1/C(=C/c2cccc(OCCOc3ccccc3)c2)SC(=S)N1Cc1ccco1. The Morgan fingerprint density at radius 2 is 1.73 bits per heavy atom. The van der Waals surface area contributed by atoms with E-state index in [1.165, 1.54) is 11.8 Å². The molecule has 1 aromatic heterocycles. The second kappa shape index (κ2) is 9.65. The molecule has 0 radical (unpaired) electrons. The van der Waals surface area contributed by atoms with Crippen molar-refractivity contribution in [2.45, 2.75) is 6.54 Å². The topological polar surface area (TPSA) is 51.9 Å². The fourth-order valence-electron chi connectivity index (χ4n) is 2.88. The lowest BCUT2D eigenvalue weighted by Crippen LogP contribution is -2.27. The molecule has 3 aromatic rings. The number of benzene rings is 2. The summed E-state index contributed by atoms with van der Waals surface area (Å²) in [6.45, 7) is 1.20. The van der Waals surface area contributed by atoms with Crippen LogP contribution in [0, 0.1) is 0 Å². The van der Waals surface area contributed by atoms with Crippen molar-refractivity contribution in [3.05, 3.63) is 89.2 Å². The van der Waals surface area contributed by atoms with E-state index in [0.717, 1.165) is 11.3 Å². The molecule has 0 spiro atoms. The van der Waals surface area contributed by atoms with Gasteiger partial charge in [-0.05, 0) is 48.0 Å². The average molecular weight is 438 g/mol. The number of carbonyl (C=O) groups is 1. The fraction of sp³-hybridized carbons (Fsp3) is 0.130. The first kappa shape index (κ1) is 20.3. The largest absolute Gasteiger partial charge is 0.490 e. The zero-order valence-corrected chi connectivity index (χ0v) is 17.7. The van der Waals surface area contributed by atoms with Crippen LogP contribution in [0.2, 0.25) is 0 Å². The molecule has 2 aromatic carbocycles. The molecule has 1 aliphatic heterocycles. The third kappa shape index (κ3) is 5.11. The van der Waals surface area contributed by atoms with Crippen LogP contribution in [0.3, 0.4) is 0 Å². The van der Waals surface area contributed by atoms with Gasteiger partial charge in [0.25, 0.3) is 5.91 Å². The number of ether oxygens (including phenoxy) is 2. The fourth-order valence-corrected chi connectivity index (χ4v) is 4.13. The van der Waals surface area contributed by atoms with Crippen LogP contribution in [0.1, 0.15) is 11.3 Å². The molecule has 0 unspecified atom stereocenters. The summed E-state index contributed by atoms with van der Waals surface area (Å²) in [5.41, 5.74) is 0.870. The maximum atomic E-state index is 12.7. The normalized spacial score (nSPS) is 15.1. The third-order valence-corrected chi connectivity index (χ3v) is 5.67. The maximum Gasteiger partial charge on any atom is 0.266 e. The molecule has 5 nitrogen and oxygen atoms in total. The van der Waals surface area contributed by atoms with Crippen molar-refractivity contribution in [3.8, 4) is 11.5 Å². The Hall–Kier alpha value is -3.03. The van der Waals surface area contributed by atoms with Gasteiger partial charge in [-0.3, -0.25) is 9.69 Å². The van der Waals surface area contributed by atoms with E-state index in [1.54, 1.807) is 17.2 Å². The van der Waals surface area contributed by atoms with E-state index >= 15 is 0 Å². The van der Waals surface area contributed by atoms with Crippen molar-refractivity contribution in [2.24, 2.45) is 0 Å². The highest BCUT2D eigenvalue weighted by atomic mass is 32.2. The minimum Gasteiger partial charge on any atom is -0.490 e. The Kier molecular flexibility index (Phi) is 6.51. The monoisotopic (exact) mass is 437 g/mol. The highest BCUT2D eigenvalue weighted by Gasteiger charge is 2.32. The van der Waals surface area contributed by atoms with Crippen molar-refractivity contribution in [2.75, 3.05) is 13.2 Å². The molecule has 1 fully saturated rings. The Labute approximate surface area is 184 Å². The van der Waals surface area contributed by atoms with E-state index < -0.39 is 0 Å². The van der Waals surface area contributed by atoms with E-state index in [9.17, 15) is 4.79 Å². The summed E-state index contributed by atoms with van der Waals surface area (Å²) in [7, 11) is 0. The zero-order chi connectivity index (χ0) is 20.8. The van der Waals surface area contributed by atoms with Gasteiger partial charge in [0.1, 0.15) is 34.8 Å². The van der Waals surface area contributed by atoms with Crippen molar-refractivity contribution in [3.63, 3.8) is 0 Å². The molecular weight excluding hydrogens is 418 g/mol. The summed E-state index contributed by atoms with van der Waals surface area (Å²) in [4.78, 5) is 14.9. The second-order valence-corrected chi connectivity index (χ2v) is 8.11. The molecule has 152 valence electrons. The Bertz CT molecular complexity index is 1050. The molecule has 30 heavy (non-hydrogen) atoms. The van der Waals surface area contributed by atoms with Crippen LogP contribution in [0.15, 0.2) is 82.3 Å². The number of thiocarbonyl (C=S) groups is 1. The van der Waals surface area contributed by atoms with Crippen LogP contribution in [-0.4, -0.2) is 28.3 Å². The van der Waals surface area contributed by atoms with Gasteiger partial charge in [-0.1, -0.05) is 54.3 Å². The van der Waals surface area contributed by atoms with Crippen LogP contribution in [-0.2, 0) is 11.3 Å². The van der Waals surface area contributed by atoms with Gasteiger partial charge >= 0.3 is 0 Å². The number of carbonyl (C=O) groups excluding carboxylic acids is 1. The number of rotatable bonds is 8. The minimum atomic E-state index is -0.121. The molecule has 4 rings (SSSR count). The Balaban J connectivity index is 1.35. The van der Waals surface area contributed by atoms with Crippen LogP contribution in [0.4, 0.5) is 0 Å². The maximum absolute atomic E-state index is 12.7. The van der Waals surface area contributed by atoms with E-state index in [1.807, 2.05) is 66.7 Å². The van der Waals surface area contributed by atoms with E-state index in [2.05, 4.69) is 0 Å². The van der Waals surface area contributed by atoms with Gasteiger partial charge in [0, 0.05) is 0 Å². The van der Waals surface area contributed by atoms with Gasteiger partial charge in [-0.15, -0.1) is 0 Å². The number of para-hydroxylation sites is 1. The molecule has 0 bridgehead atoms. The molecule has 0 atom stereocenters. The van der Waals surface area contributed by atoms with Gasteiger partial charge in [0.05, 0.1) is 17.7 Å². The number of nitrogens with zero attached hydrogens (tertiary/aromatic N) is 1. The standard InChI is InChI=1S/C23H19NO4S2/c25-22-21(30-23(29)24(22)16-20-10-5-11-26-20)15-17-6-4-9-19(14-17)28-13-12-27-18-7-2-1-3-8-18/h1-11,14-15H,12-13,16H2/b21-15-. The van der Waals surface area contributed by atoms with Gasteiger partial charge in [0.2, 0.25) is 0 Å². The Morgan fingerprint density at radius 1 is 0.967 bits per heavy atom. The smallest absolute Gasteiger partial charge is 0.266 e. The number of amides is 1. The van der Waals surface area contributed by atoms with Gasteiger partial charge in [0.15, 0.2) is 0 Å². The predicted molar refractivity (Wildman–Crippen MR) is 121 cm³/mol. The van der Waals surface area contributed by atoms with E-state index in [0.29, 0.717) is 40.5 Å². The highest BCUT2D eigenvalue weighted by Crippen LogP contribution is 2.34. The molecule has 1 saturated heterocycles. The zero-order valence-electron chi connectivity index (χ0n) is 16.0. The predicted octanol–water partition coefficient (Wildman–Crippen LogP) is 5.14. The summed E-state index contributed by atoms with van der Waals surface area (Å²) in [5, 5.41) is 0. The van der Waals surface area contributed by atoms with Gasteiger partial charge in [-0.2, -0.15) is 0 Å². The second-order valence-electron chi connectivity index (χ2n) is 6.43. The molecule has 1 aliphatic rings. The summed E-state index contributed by atoms with van der Waals surface area (Å²) in [6.07, 6.45) is 3.41. The van der Waals surface area contributed by atoms with Crippen molar-refractivity contribution in [1.82, 2.24) is 4.90 Å². The first-order valence-corrected chi connectivity index (χ1v) is 10.6. The molecule has 7 heteroatoms. The average Bonchev–Trinajstić information content (AvgIpc) is 3.37. The lowest BCUT2D eigenvalue weighted by atomic mass is 10.2. The lowest BCUT2D eigenvalue weighted by Gasteiger charge is -2.12. The van der Waals surface area contributed by atoms with Crippen LogP contribution < -0.4 is 9.47 Å². The third-order valence-electron chi connectivity index (χ3n) is 4.29. The van der Waals surface area contributed by atoms with Crippen molar-refractivity contribution < 1.29 is 18.7 Å². The van der Waals surface area contributed by atoms with Crippen LogP contribution in [0.5, 0.6) is 11.5 Å². The van der Waals surface area contributed by atoms with Gasteiger partial charge < -0.3 is 13.9 Å². The van der Waals surface area contributed by atoms with Crippen LogP contribution >= 0.6 is 24.0 Å². The molecular formula is C23H19NO4S2. The summed E-state index contributed by atoms with van der Waals surface area (Å²) >= 11 is 6.66. The first-order chi connectivity index (χ1) is 14.7. The summed E-state index contributed by atoms with van der Waals surface area (Å²) < 4.78 is 17.3. The highest BCUT2D eigenvalue weighted by molar-refractivity contribution is 8.26. The molecule has 1 amide bonds. The van der Waals surface area contributed by atoms with Crippen molar-refractivity contribution in [1.29, 1.82) is 0 Å². The molecule has 0 saturated carbocycles. The number of hydrogen-bond donors (Lipinski definition) is 0. The first-order valence-electron chi connectivity index (χ1n) is 9.37.